The van der Waals surface area contributed by atoms with Crippen LogP contribution < -0.4 is 9.64 Å². The highest BCUT2D eigenvalue weighted by Gasteiger charge is 2.31. The fourth-order valence-electron chi connectivity index (χ4n) is 5.43. The molecule has 5 rings (SSSR count). The molecule has 1 amide bonds. The van der Waals surface area contributed by atoms with Crippen LogP contribution in [0.5, 0.6) is 5.75 Å². The lowest BCUT2D eigenvalue weighted by molar-refractivity contribution is -0.124. The molecule has 40 heavy (non-hydrogen) atoms. The number of pyridine rings is 1. The highest BCUT2D eigenvalue weighted by atomic mass is 16.5. The number of aromatic nitrogens is 1. The van der Waals surface area contributed by atoms with E-state index < -0.39 is 5.97 Å². The summed E-state index contributed by atoms with van der Waals surface area (Å²) in [5.74, 6) is 0.768. The Morgan fingerprint density at radius 3 is 2.33 bits per heavy atom. The van der Waals surface area contributed by atoms with E-state index >= 15 is 0 Å². The number of aryl methyl sites for hydroxylation is 1. The molecule has 0 radical (unpaired) electrons. The van der Waals surface area contributed by atoms with Crippen LogP contribution in [0.25, 0.3) is 21.9 Å². The molecule has 7 heteroatoms. The number of carbonyl (C=O) groups excluding carboxylic acids is 2. The molecule has 0 atom stereocenters. The number of carbonyl (C=O) groups is 2. The van der Waals surface area contributed by atoms with E-state index in [1.807, 2.05) is 36.4 Å². The van der Waals surface area contributed by atoms with Gasteiger partial charge in [0, 0.05) is 17.5 Å². The van der Waals surface area contributed by atoms with Crippen molar-refractivity contribution in [1.82, 2.24) is 4.98 Å². The summed E-state index contributed by atoms with van der Waals surface area (Å²) < 4.78 is 10.2. The number of hydrogen-bond acceptors (Lipinski definition) is 6. The maximum atomic E-state index is 14.1. The molecule has 0 saturated heterocycles. The zero-order chi connectivity index (χ0) is 28.2. The van der Waals surface area contributed by atoms with E-state index in [1.165, 1.54) is 7.11 Å². The molecule has 4 aromatic rings. The summed E-state index contributed by atoms with van der Waals surface area (Å²) in [6.07, 6.45) is 3.84. The van der Waals surface area contributed by atoms with Crippen molar-refractivity contribution < 1.29 is 24.2 Å². The van der Waals surface area contributed by atoms with E-state index in [0.29, 0.717) is 43.6 Å². The first-order valence-electron chi connectivity index (χ1n) is 13.6. The summed E-state index contributed by atoms with van der Waals surface area (Å²) in [5.41, 5.74) is 4.70. The SMILES string of the molecule is COC(=O)c1ccc2c(N(Cc3ccc(-c4ccc(OC)cc4)cc3C)C(=O)C3CCC(O)CC3)nccc2c1. The molecule has 206 valence electrons. The number of ether oxygens (including phenoxy) is 2. The van der Waals surface area contributed by atoms with Gasteiger partial charge in [0.15, 0.2) is 0 Å². The predicted octanol–water partition coefficient (Wildman–Crippen LogP) is 6.09. The van der Waals surface area contributed by atoms with Gasteiger partial charge in [-0.1, -0.05) is 30.3 Å². The van der Waals surface area contributed by atoms with E-state index in [-0.39, 0.29) is 17.9 Å². The van der Waals surface area contributed by atoms with Crippen molar-refractivity contribution in [3.05, 3.63) is 89.6 Å². The monoisotopic (exact) mass is 538 g/mol. The maximum Gasteiger partial charge on any atom is 0.337 e. The standard InChI is InChI=1S/C33H34N2O5/c1-21-18-24(22-8-13-29(39-2)14-9-22)4-5-27(21)20-35(32(37)23-6-11-28(36)12-7-23)31-30-15-10-26(33(38)40-3)19-25(30)16-17-34-31/h4-5,8-10,13-19,23,28,36H,6-7,11-12,20H2,1-3H3. The van der Waals surface area contributed by atoms with Crippen molar-refractivity contribution in [3.63, 3.8) is 0 Å². The number of nitrogens with zero attached hydrogens (tertiary/aromatic N) is 2. The third-order valence-corrected chi connectivity index (χ3v) is 7.83. The van der Waals surface area contributed by atoms with E-state index in [9.17, 15) is 14.7 Å². The molecular formula is C33H34N2O5. The number of rotatable bonds is 7. The second kappa shape index (κ2) is 11.9. The summed E-state index contributed by atoms with van der Waals surface area (Å²) in [6.45, 7) is 2.42. The largest absolute Gasteiger partial charge is 0.497 e. The normalized spacial score (nSPS) is 16.9. The number of aliphatic hydroxyl groups excluding tert-OH is 1. The molecule has 0 spiro atoms. The third-order valence-electron chi connectivity index (χ3n) is 7.83. The Bertz CT molecular complexity index is 1520. The number of anilines is 1. The summed E-state index contributed by atoms with van der Waals surface area (Å²) in [4.78, 5) is 32.6. The first kappa shape index (κ1) is 27.3. The van der Waals surface area contributed by atoms with Gasteiger partial charge in [-0.25, -0.2) is 9.78 Å². The van der Waals surface area contributed by atoms with Crippen molar-refractivity contribution in [2.24, 2.45) is 5.92 Å². The van der Waals surface area contributed by atoms with Gasteiger partial charge in [0.25, 0.3) is 0 Å². The van der Waals surface area contributed by atoms with Crippen LogP contribution in [0.1, 0.15) is 47.2 Å². The fraction of sp³-hybridized carbons (Fsp3) is 0.303. The van der Waals surface area contributed by atoms with Crippen LogP contribution in [-0.4, -0.2) is 42.3 Å². The van der Waals surface area contributed by atoms with Crippen LogP contribution in [0.2, 0.25) is 0 Å². The van der Waals surface area contributed by atoms with Gasteiger partial charge >= 0.3 is 5.97 Å². The number of amides is 1. The Morgan fingerprint density at radius 2 is 1.65 bits per heavy atom. The van der Waals surface area contributed by atoms with Crippen molar-refractivity contribution in [2.45, 2.75) is 45.3 Å². The van der Waals surface area contributed by atoms with Gasteiger partial charge in [-0.15, -0.1) is 0 Å². The average molecular weight is 539 g/mol. The Labute approximate surface area is 234 Å². The second-order valence-corrected chi connectivity index (χ2v) is 10.4. The first-order chi connectivity index (χ1) is 19.4. The second-order valence-electron chi connectivity index (χ2n) is 10.4. The van der Waals surface area contributed by atoms with Gasteiger partial charge in [0.05, 0.1) is 32.4 Å². The lowest BCUT2D eigenvalue weighted by Crippen LogP contribution is -2.38. The van der Waals surface area contributed by atoms with Crippen LogP contribution in [0.4, 0.5) is 5.82 Å². The fourth-order valence-corrected chi connectivity index (χ4v) is 5.43. The number of hydrogen-bond donors (Lipinski definition) is 1. The molecule has 7 nitrogen and oxygen atoms in total. The Hall–Kier alpha value is -4.23. The third kappa shape index (κ3) is 5.70. The van der Waals surface area contributed by atoms with Crippen LogP contribution in [0, 0.1) is 12.8 Å². The van der Waals surface area contributed by atoms with Crippen LogP contribution >= 0.6 is 0 Å². The molecule has 0 unspecified atom stereocenters. The van der Waals surface area contributed by atoms with Crippen LogP contribution in [0.15, 0.2) is 72.9 Å². The van der Waals surface area contributed by atoms with E-state index in [1.54, 1.807) is 30.3 Å². The Balaban J connectivity index is 1.52. The molecule has 1 aliphatic carbocycles. The minimum absolute atomic E-state index is 0.00238. The molecule has 3 aromatic carbocycles. The predicted molar refractivity (Wildman–Crippen MR) is 155 cm³/mol. The van der Waals surface area contributed by atoms with E-state index in [4.69, 9.17) is 9.47 Å². The molecule has 1 saturated carbocycles. The Kier molecular flexibility index (Phi) is 8.12. The molecular weight excluding hydrogens is 504 g/mol. The summed E-state index contributed by atoms with van der Waals surface area (Å²) in [5, 5.41) is 11.6. The summed E-state index contributed by atoms with van der Waals surface area (Å²) in [6, 6.07) is 21.4. The summed E-state index contributed by atoms with van der Waals surface area (Å²) in [7, 11) is 3.01. The number of aliphatic hydroxyl groups is 1. The average Bonchev–Trinajstić information content (AvgIpc) is 2.99. The van der Waals surface area contributed by atoms with E-state index in [2.05, 4.69) is 30.1 Å². The molecule has 1 aliphatic rings. The number of methoxy groups -OCH3 is 2. The lowest BCUT2D eigenvalue weighted by Gasteiger charge is -2.31. The number of esters is 1. The quantitative estimate of drug-likeness (QED) is 0.287. The smallest absolute Gasteiger partial charge is 0.337 e. The molecule has 1 heterocycles. The van der Waals surface area contributed by atoms with Gasteiger partial charge in [-0.3, -0.25) is 9.69 Å². The number of benzene rings is 3. The van der Waals surface area contributed by atoms with Gasteiger partial charge < -0.3 is 14.6 Å². The molecule has 0 aliphatic heterocycles. The highest BCUT2D eigenvalue weighted by molar-refractivity contribution is 6.04. The van der Waals surface area contributed by atoms with Crippen molar-refractivity contribution in [1.29, 1.82) is 0 Å². The topological polar surface area (TPSA) is 89.0 Å². The Morgan fingerprint density at radius 1 is 0.925 bits per heavy atom. The van der Waals surface area contributed by atoms with Crippen molar-refractivity contribution >= 4 is 28.5 Å². The van der Waals surface area contributed by atoms with Gasteiger partial charge in [-0.2, -0.15) is 0 Å². The molecule has 1 fully saturated rings. The van der Waals surface area contributed by atoms with Gasteiger partial charge in [0.2, 0.25) is 5.91 Å². The van der Waals surface area contributed by atoms with Crippen LogP contribution in [0.3, 0.4) is 0 Å². The first-order valence-corrected chi connectivity index (χ1v) is 13.6. The molecule has 1 N–H and O–H groups in total. The lowest BCUT2D eigenvalue weighted by atomic mass is 9.86. The zero-order valence-corrected chi connectivity index (χ0v) is 23.1. The van der Waals surface area contributed by atoms with Crippen molar-refractivity contribution in [3.8, 4) is 16.9 Å². The molecule has 1 aromatic heterocycles. The van der Waals surface area contributed by atoms with Crippen LogP contribution in [-0.2, 0) is 16.1 Å². The minimum Gasteiger partial charge on any atom is -0.497 e. The maximum absolute atomic E-state index is 14.1. The van der Waals surface area contributed by atoms with Gasteiger partial charge in [-0.05, 0) is 96.6 Å². The molecule has 0 bridgehead atoms. The van der Waals surface area contributed by atoms with E-state index in [0.717, 1.165) is 38.8 Å². The zero-order valence-electron chi connectivity index (χ0n) is 23.1. The number of fused-ring (bicyclic) bond motifs is 1. The minimum atomic E-state index is -0.415. The highest BCUT2D eigenvalue weighted by Crippen LogP contribution is 2.33. The summed E-state index contributed by atoms with van der Waals surface area (Å²) >= 11 is 0. The van der Waals surface area contributed by atoms with Crippen molar-refractivity contribution in [2.75, 3.05) is 19.1 Å². The van der Waals surface area contributed by atoms with Gasteiger partial charge in [0.1, 0.15) is 11.6 Å².